The van der Waals surface area contributed by atoms with E-state index in [0.29, 0.717) is 0 Å². The minimum atomic E-state index is -4.74. The van der Waals surface area contributed by atoms with Crippen LogP contribution in [0, 0.1) is 29.2 Å². The van der Waals surface area contributed by atoms with Gasteiger partial charge in [-0.25, -0.2) is 30.7 Å². The minimum absolute atomic E-state index is 0.0284. The van der Waals surface area contributed by atoms with Crippen molar-refractivity contribution in [3.05, 3.63) is 29.3 Å². The van der Waals surface area contributed by atoms with E-state index in [4.69, 9.17) is 5.73 Å². The van der Waals surface area contributed by atoms with Gasteiger partial charge in [0.15, 0.2) is 28.2 Å². The van der Waals surface area contributed by atoms with Gasteiger partial charge in [-0.1, -0.05) is 0 Å². The molecule has 9 heteroatoms. The maximum absolute atomic E-state index is 13.5. The van der Waals surface area contributed by atoms with Crippen molar-refractivity contribution in [1.82, 2.24) is 4.72 Å². The maximum Gasteiger partial charge on any atom is 0.246 e. The van der Waals surface area contributed by atoms with Gasteiger partial charge in [-0.3, -0.25) is 0 Å². The molecule has 1 aliphatic rings. The Morgan fingerprint density at radius 3 is 2.10 bits per heavy atom. The second kappa shape index (κ2) is 5.30. The van der Waals surface area contributed by atoms with Crippen LogP contribution in [0.3, 0.4) is 0 Å². The van der Waals surface area contributed by atoms with E-state index in [1.54, 1.807) is 0 Å². The lowest BCUT2D eigenvalue weighted by atomic mass is 10.2. The molecule has 1 atom stereocenters. The molecule has 1 unspecified atom stereocenters. The van der Waals surface area contributed by atoms with Gasteiger partial charge < -0.3 is 5.73 Å². The minimum Gasteiger partial charge on any atom is -0.329 e. The van der Waals surface area contributed by atoms with Crippen molar-refractivity contribution in [3.63, 3.8) is 0 Å². The molecule has 0 radical (unpaired) electrons. The summed E-state index contributed by atoms with van der Waals surface area (Å²) in [7, 11) is -4.74. The van der Waals surface area contributed by atoms with Gasteiger partial charge in [0, 0.05) is 18.7 Å². The number of nitrogens with two attached hydrogens (primary N) is 1. The Bertz CT molecular complexity index is 606. The Hall–Kier alpha value is -1.19. The lowest BCUT2D eigenvalue weighted by Gasteiger charge is -2.17. The number of rotatable bonds is 5. The summed E-state index contributed by atoms with van der Waals surface area (Å²) < 4.78 is 78.8. The Kier molecular flexibility index (Phi) is 4.03. The first kappa shape index (κ1) is 15.2. The third-order valence-corrected chi connectivity index (χ3v) is 4.60. The quantitative estimate of drug-likeness (QED) is 0.635. The van der Waals surface area contributed by atoms with E-state index in [1.165, 1.54) is 0 Å². The van der Waals surface area contributed by atoms with E-state index < -0.39 is 44.2 Å². The molecule has 20 heavy (non-hydrogen) atoms. The molecule has 0 aromatic heterocycles. The highest BCUT2D eigenvalue weighted by atomic mass is 32.2. The normalized spacial score (nSPS) is 17.2. The number of benzene rings is 1. The monoisotopic (exact) mass is 312 g/mol. The first-order valence-corrected chi connectivity index (χ1v) is 7.31. The SMILES string of the molecule is NCC(NS(=O)(=O)c1c(F)c(F)cc(F)c1F)C1CC1. The van der Waals surface area contributed by atoms with Crippen molar-refractivity contribution in [2.24, 2.45) is 11.7 Å². The predicted octanol–water partition coefficient (Wildman–Crippen LogP) is 1.26. The van der Waals surface area contributed by atoms with Crippen molar-refractivity contribution in [3.8, 4) is 0 Å². The van der Waals surface area contributed by atoms with Crippen LogP contribution in [0.25, 0.3) is 0 Å². The number of hydrogen-bond donors (Lipinski definition) is 2. The highest BCUT2D eigenvalue weighted by Crippen LogP contribution is 2.33. The van der Waals surface area contributed by atoms with Crippen LogP contribution >= 0.6 is 0 Å². The highest BCUT2D eigenvalue weighted by molar-refractivity contribution is 7.89. The van der Waals surface area contributed by atoms with Crippen molar-refractivity contribution < 1.29 is 26.0 Å². The molecule has 0 saturated heterocycles. The summed E-state index contributed by atoms with van der Waals surface area (Å²) in [5.41, 5.74) is 5.37. The summed E-state index contributed by atoms with van der Waals surface area (Å²) in [6, 6.07) is -0.768. The summed E-state index contributed by atoms with van der Waals surface area (Å²) in [5, 5.41) is 0. The van der Waals surface area contributed by atoms with Gasteiger partial charge in [-0.05, 0) is 18.8 Å². The van der Waals surface area contributed by atoms with Crippen LogP contribution in [0.4, 0.5) is 17.6 Å². The Balaban J connectivity index is 2.43. The zero-order valence-electron chi connectivity index (χ0n) is 10.2. The van der Waals surface area contributed by atoms with Gasteiger partial charge in [0.25, 0.3) is 0 Å². The molecule has 0 spiro atoms. The second-order valence-electron chi connectivity index (χ2n) is 4.60. The molecule has 0 heterocycles. The van der Waals surface area contributed by atoms with Crippen molar-refractivity contribution in [1.29, 1.82) is 0 Å². The summed E-state index contributed by atoms with van der Waals surface area (Å²) in [5.74, 6) is -7.50. The molecule has 0 aliphatic heterocycles. The van der Waals surface area contributed by atoms with Crippen molar-refractivity contribution >= 4 is 10.0 Å². The Morgan fingerprint density at radius 2 is 1.70 bits per heavy atom. The molecule has 4 nitrogen and oxygen atoms in total. The zero-order valence-corrected chi connectivity index (χ0v) is 11.0. The average Bonchev–Trinajstić information content (AvgIpc) is 3.18. The van der Waals surface area contributed by atoms with Gasteiger partial charge in [0.2, 0.25) is 10.0 Å². The van der Waals surface area contributed by atoms with E-state index in [-0.39, 0.29) is 18.5 Å². The number of halogens is 4. The molecule has 2 rings (SSSR count). The van der Waals surface area contributed by atoms with Gasteiger partial charge in [-0.2, -0.15) is 0 Å². The van der Waals surface area contributed by atoms with Crippen LogP contribution in [0.15, 0.2) is 11.0 Å². The fourth-order valence-corrected chi connectivity index (χ4v) is 3.35. The molecule has 0 amide bonds. The first-order valence-electron chi connectivity index (χ1n) is 5.83. The molecule has 1 aromatic carbocycles. The topological polar surface area (TPSA) is 72.2 Å². The summed E-state index contributed by atoms with van der Waals surface area (Å²) in [4.78, 5) is -1.66. The highest BCUT2D eigenvalue weighted by Gasteiger charge is 2.36. The molecule has 1 aliphatic carbocycles. The summed E-state index contributed by atoms with van der Waals surface area (Å²) in [6.07, 6.45) is 1.46. The van der Waals surface area contributed by atoms with E-state index in [1.807, 2.05) is 4.72 Å². The van der Waals surface area contributed by atoms with Crippen LogP contribution in [-0.4, -0.2) is 21.0 Å². The Morgan fingerprint density at radius 1 is 1.20 bits per heavy atom. The van der Waals surface area contributed by atoms with E-state index in [2.05, 4.69) is 0 Å². The molecule has 3 N–H and O–H groups in total. The second-order valence-corrected chi connectivity index (χ2v) is 6.25. The fraction of sp³-hybridized carbons (Fsp3) is 0.455. The lowest BCUT2D eigenvalue weighted by Crippen LogP contribution is -2.42. The molecule has 112 valence electrons. The largest absolute Gasteiger partial charge is 0.329 e. The van der Waals surface area contributed by atoms with Gasteiger partial charge in [0.1, 0.15) is 0 Å². The third kappa shape index (κ3) is 2.79. The van der Waals surface area contributed by atoms with Gasteiger partial charge >= 0.3 is 0 Å². The Labute approximate surface area is 113 Å². The van der Waals surface area contributed by atoms with Crippen LogP contribution in [-0.2, 0) is 10.0 Å². The number of nitrogens with one attached hydrogen (secondary N) is 1. The molecule has 1 fully saturated rings. The predicted molar refractivity (Wildman–Crippen MR) is 62.2 cm³/mol. The maximum atomic E-state index is 13.5. The van der Waals surface area contributed by atoms with E-state index >= 15 is 0 Å². The number of hydrogen-bond acceptors (Lipinski definition) is 3. The lowest BCUT2D eigenvalue weighted by molar-refractivity contribution is 0.415. The van der Waals surface area contributed by atoms with Crippen molar-refractivity contribution in [2.45, 2.75) is 23.8 Å². The zero-order chi connectivity index (χ0) is 15.1. The first-order chi connectivity index (χ1) is 9.27. The van der Waals surface area contributed by atoms with Crippen LogP contribution in [0.2, 0.25) is 0 Å². The van der Waals surface area contributed by atoms with Crippen molar-refractivity contribution in [2.75, 3.05) is 6.54 Å². The fourth-order valence-electron chi connectivity index (χ4n) is 1.88. The average molecular weight is 312 g/mol. The summed E-state index contributed by atoms with van der Waals surface area (Å²) in [6.45, 7) is -0.0784. The molecular formula is C11H12F4N2O2S. The van der Waals surface area contributed by atoms with Gasteiger partial charge in [-0.15, -0.1) is 0 Å². The molecular weight excluding hydrogens is 300 g/mol. The molecule has 0 bridgehead atoms. The molecule has 1 saturated carbocycles. The van der Waals surface area contributed by atoms with E-state index in [0.717, 1.165) is 12.8 Å². The summed E-state index contributed by atoms with van der Waals surface area (Å²) >= 11 is 0. The third-order valence-electron chi connectivity index (χ3n) is 3.09. The van der Waals surface area contributed by atoms with E-state index in [9.17, 15) is 26.0 Å². The van der Waals surface area contributed by atoms with Crippen LogP contribution in [0.5, 0.6) is 0 Å². The molecule has 1 aromatic rings. The van der Waals surface area contributed by atoms with Crippen LogP contribution in [0.1, 0.15) is 12.8 Å². The number of sulfonamides is 1. The van der Waals surface area contributed by atoms with Crippen LogP contribution < -0.4 is 10.5 Å². The smallest absolute Gasteiger partial charge is 0.246 e. The standard InChI is InChI=1S/C11H12F4N2O2S/c12-6-3-7(13)10(15)11(9(6)14)20(18,19)17-8(4-16)5-1-2-5/h3,5,8,17H,1-2,4,16H2. The van der Waals surface area contributed by atoms with Gasteiger partial charge in [0.05, 0.1) is 0 Å².